The van der Waals surface area contributed by atoms with Gasteiger partial charge in [-0.15, -0.1) is 0 Å². The van der Waals surface area contributed by atoms with Crippen LogP contribution in [0.4, 0.5) is 4.39 Å². The van der Waals surface area contributed by atoms with Crippen molar-refractivity contribution < 1.29 is 9.13 Å². The number of rotatable bonds is 4. The molecule has 15 heavy (non-hydrogen) atoms. The molecular formula is C12H18FNO. The van der Waals surface area contributed by atoms with E-state index >= 15 is 0 Å². The fourth-order valence-electron chi connectivity index (χ4n) is 1.51. The van der Waals surface area contributed by atoms with E-state index < -0.39 is 0 Å². The van der Waals surface area contributed by atoms with Crippen LogP contribution in [0.1, 0.15) is 31.0 Å². The van der Waals surface area contributed by atoms with Crippen molar-refractivity contribution in [1.82, 2.24) is 0 Å². The van der Waals surface area contributed by atoms with Gasteiger partial charge in [-0.1, -0.05) is 12.1 Å². The van der Waals surface area contributed by atoms with Gasteiger partial charge in [0.05, 0.1) is 12.1 Å². The maximum absolute atomic E-state index is 13.0. The lowest BCUT2D eigenvalue weighted by atomic mass is 10.0. The minimum Gasteiger partial charge on any atom is -0.377 e. The first-order chi connectivity index (χ1) is 7.06. The topological polar surface area (TPSA) is 35.2 Å². The number of halogens is 1. The van der Waals surface area contributed by atoms with Gasteiger partial charge in [-0.25, -0.2) is 4.39 Å². The van der Waals surface area contributed by atoms with Gasteiger partial charge in [-0.3, -0.25) is 0 Å². The Morgan fingerprint density at radius 2 is 2.13 bits per heavy atom. The highest BCUT2D eigenvalue weighted by Crippen LogP contribution is 2.19. The smallest absolute Gasteiger partial charge is 0.126 e. The monoisotopic (exact) mass is 211 g/mol. The molecule has 84 valence electrons. The van der Waals surface area contributed by atoms with Crippen LogP contribution in [0.3, 0.4) is 0 Å². The molecule has 2 atom stereocenters. The van der Waals surface area contributed by atoms with Crippen molar-refractivity contribution in [2.45, 2.75) is 32.9 Å². The molecule has 0 saturated heterocycles. The molecule has 2 N–H and O–H groups in total. The first kappa shape index (κ1) is 12.1. The van der Waals surface area contributed by atoms with Gasteiger partial charge in [-0.2, -0.15) is 0 Å². The number of hydrogen-bond donors (Lipinski definition) is 1. The largest absolute Gasteiger partial charge is 0.377 e. The summed E-state index contributed by atoms with van der Waals surface area (Å²) in [6.07, 6.45) is -0.0557. The molecule has 0 aliphatic rings. The Morgan fingerprint density at radius 3 is 2.67 bits per heavy atom. The number of benzene rings is 1. The van der Waals surface area contributed by atoms with Crippen LogP contribution in [-0.4, -0.2) is 12.7 Å². The molecule has 3 heteroatoms. The summed E-state index contributed by atoms with van der Waals surface area (Å²) in [4.78, 5) is 0. The molecule has 1 aromatic carbocycles. The molecule has 0 fully saturated rings. The molecule has 0 radical (unpaired) electrons. The molecule has 0 aromatic heterocycles. The van der Waals surface area contributed by atoms with Crippen LogP contribution in [0.2, 0.25) is 0 Å². The van der Waals surface area contributed by atoms with Crippen LogP contribution < -0.4 is 5.73 Å². The van der Waals surface area contributed by atoms with Crippen LogP contribution in [0.5, 0.6) is 0 Å². The summed E-state index contributed by atoms with van der Waals surface area (Å²) in [6.45, 7) is 6.22. The van der Waals surface area contributed by atoms with Gasteiger partial charge in [0.15, 0.2) is 0 Å². The van der Waals surface area contributed by atoms with Crippen molar-refractivity contribution in [3.8, 4) is 0 Å². The second kappa shape index (κ2) is 5.24. The van der Waals surface area contributed by atoms with E-state index in [1.807, 2.05) is 13.8 Å². The normalized spacial score (nSPS) is 15.0. The van der Waals surface area contributed by atoms with Crippen LogP contribution in [-0.2, 0) is 4.74 Å². The summed E-state index contributed by atoms with van der Waals surface area (Å²) in [6, 6.07) is 4.73. The predicted octanol–water partition coefficient (Wildman–Crippen LogP) is 2.56. The highest BCUT2D eigenvalue weighted by Gasteiger charge is 2.15. The number of aryl methyl sites for hydroxylation is 1. The van der Waals surface area contributed by atoms with E-state index in [1.165, 1.54) is 6.07 Å². The van der Waals surface area contributed by atoms with Crippen LogP contribution in [0.15, 0.2) is 18.2 Å². The Hall–Kier alpha value is -0.930. The van der Waals surface area contributed by atoms with Crippen LogP contribution in [0.25, 0.3) is 0 Å². The average molecular weight is 211 g/mol. The van der Waals surface area contributed by atoms with Gasteiger partial charge >= 0.3 is 0 Å². The van der Waals surface area contributed by atoms with Crippen molar-refractivity contribution in [1.29, 1.82) is 0 Å². The van der Waals surface area contributed by atoms with Gasteiger partial charge in [0.2, 0.25) is 0 Å². The molecule has 0 spiro atoms. The van der Waals surface area contributed by atoms with Crippen molar-refractivity contribution in [3.63, 3.8) is 0 Å². The predicted molar refractivity (Wildman–Crippen MR) is 59.2 cm³/mol. The van der Waals surface area contributed by atoms with Crippen molar-refractivity contribution in [2.24, 2.45) is 5.73 Å². The molecule has 2 unspecified atom stereocenters. The fraction of sp³-hybridized carbons (Fsp3) is 0.500. The maximum Gasteiger partial charge on any atom is 0.126 e. The molecule has 0 saturated carbocycles. The zero-order valence-electron chi connectivity index (χ0n) is 9.46. The van der Waals surface area contributed by atoms with Crippen LogP contribution in [0, 0.1) is 12.7 Å². The molecule has 0 bridgehead atoms. The summed E-state index contributed by atoms with van der Waals surface area (Å²) < 4.78 is 18.4. The lowest BCUT2D eigenvalue weighted by Gasteiger charge is -2.20. The molecular weight excluding hydrogens is 193 g/mol. The van der Waals surface area contributed by atoms with E-state index in [1.54, 1.807) is 19.1 Å². The van der Waals surface area contributed by atoms with E-state index in [9.17, 15) is 4.39 Å². The van der Waals surface area contributed by atoms with E-state index in [-0.39, 0.29) is 18.0 Å². The maximum atomic E-state index is 13.0. The lowest BCUT2D eigenvalue weighted by molar-refractivity contribution is 0.0574. The average Bonchev–Trinajstić information content (AvgIpc) is 2.21. The Morgan fingerprint density at radius 1 is 1.47 bits per heavy atom. The van der Waals surface area contributed by atoms with Crippen LogP contribution >= 0.6 is 0 Å². The highest BCUT2D eigenvalue weighted by atomic mass is 19.1. The number of nitrogens with two attached hydrogens (primary N) is 1. The minimum atomic E-state index is -0.204. The molecule has 1 aromatic rings. The number of ether oxygens (including phenoxy) is 1. The third kappa shape index (κ3) is 3.01. The first-order valence-electron chi connectivity index (χ1n) is 5.19. The Bertz CT molecular complexity index is 327. The van der Waals surface area contributed by atoms with E-state index in [4.69, 9.17) is 10.5 Å². The Kier molecular flexibility index (Phi) is 4.24. The van der Waals surface area contributed by atoms with Gasteiger partial charge in [0.25, 0.3) is 0 Å². The third-order valence-electron chi connectivity index (χ3n) is 2.50. The first-order valence-corrected chi connectivity index (χ1v) is 5.19. The second-order valence-electron chi connectivity index (χ2n) is 3.69. The fourth-order valence-corrected chi connectivity index (χ4v) is 1.51. The zero-order chi connectivity index (χ0) is 11.4. The Labute approximate surface area is 90.2 Å². The second-order valence-corrected chi connectivity index (χ2v) is 3.69. The summed E-state index contributed by atoms with van der Waals surface area (Å²) in [7, 11) is 0. The molecule has 0 amide bonds. The molecule has 0 heterocycles. The van der Waals surface area contributed by atoms with E-state index in [2.05, 4.69) is 0 Å². The van der Waals surface area contributed by atoms with Crippen molar-refractivity contribution in [2.75, 3.05) is 6.61 Å². The number of hydrogen-bond acceptors (Lipinski definition) is 2. The van der Waals surface area contributed by atoms with Gasteiger partial charge in [0.1, 0.15) is 5.82 Å². The van der Waals surface area contributed by atoms with E-state index in [0.29, 0.717) is 12.2 Å². The molecule has 0 aliphatic heterocycles. The van der Waals surface area contributed by atoms with Gasteiger partial charge in [-0.05, 0) is 38.0 Å². The molecule has 0 aliphatic carbocycles. The quantitative estimate of drug-likeness (QED) is 0.830. The summed E-state index contributed by atoms with van der Waals surface area (Å²) in [5, 5.41) is 0. The summed E-state index contributed by atoms with van der Waals surface area (Å²) >= 11 is 0. The van der Waals surface area contributed by atoms with Crippen molar-refractivity contribution in [3.05, 3.63) is 35.1 Å². The molecule has 1 rings (SSSR count). The van der Waals surface area contributed by atoms with Gasteiger partial charge < -0.3 is 10.5 Å². The standard InChI is InChI=1S/C12H18FNO/c1-4-15-9(3)12(14)10-5-6-11(13)8(2)7-10/h5-7,9,12H,4,14H2,1-3H3. The SMILES string of the molecule is CCOC(C)C(N)c1ccc(F)c(C)c1. The minimum absolute atomic E-state index is 0.0557. The third-order valence-corrected chi connectivity index (χ3v) is 2.50. The lowest BCUT2D eigenvalue weighted by Crippen LogP contribution is -2.26. The zero-order valence-corrected chi connectivity index (χ0v) is 9.46. The van der Waals surface area contributed by atoms with Crippen molar-refractivity contribution >= 4 is 0 Å². The highest BCUT2D eigenvalue weighted by molar-refractivity contribution is 5.26. The van der Waals surface area contributed by atoms with E-state index in [0.717, 1.165) is 5.56 Å². The summed E-state index contributed by atoms with van der Waals surface area (Å²) in [5.74, 6) is -0.199. The van der Waals surface area contributed by atoms with Gasteiger partial charge in [0, 0.05) is 6.61 Å². The Balaban J connectivity index is 2.81. The molecule has 2 nitrogen and oxygen atoms in total. The summed E-state index contributed by atoms with van der Waals surface area (Å²) in [5.41, 5.74) is 7.53.